The molecule has 0 aliphatic heterocycles. The fraction of sp³-hybridized carbons (Fsp3) is 0.0345. The molecular formula is C58H40N2. The van der Waals surface area contributed by atoms with Gasteiger partial charge in [-0.2, -0.15) is 0 Å². The van der Waals surface area contributed by atoms with Crippen molar-refractivity contribution in [2.24, 2.45) is 0 Å². The lowest BCUT2D eigenvalue weighted by Crippen LogP contribution is -1.95. The number of hydrogen-bond acceptors (Lipinski definition) is 0. The van der Waals surface area contributed by atoms with Gasteiger partial charge < -0.3 is 9.13 Å². The van der Waals surface area contributed by atoms with Crippen LogP contribution in [0.1, 0.15) is 12.5 Å². The fourth-order valence-electron chi connectivity index (χ4n) is 9.88. The largest absolute Gasteiger partial charge is 0.309 e. The molecule has 0 amide bonds. The number of benzene rings is 10. The maximum Gasteiger partial charge on any atom is 0.0541 e. The van der Waals surface area contributed by atoms with Crippen LogP contribution in [0, 0.1) is 0 Å². The van der Waals surface area contributed by atoms with Crippen molar-refractivity contribution in [1.29, 1.82) is 0 Å². The molecule has 0 radical (unpaired) electrons. The number of aryl methyl sites for hydroxylation is 1. The second-order valence-electron chi connectivity index (χ2n) is 15.9. The molecule has 0 fully saturated rings. The summed E-state index contributed by atoms with van der Waals surface area (Å²) < 4.78 is 4.82. The molecule has 0 unspecified atom stereocenters. The summed E-state index contributed by atoms with van der Waals surface area (Å²) in [7, 11) is 0. The van der Waals surface area contributed by atoms with Crippen molar-refractivity contribution >= 4 is 65.2 Å². The molecule has 0 aliphatic rings. The lowest BCUT2D eigenvalue weighted by molar-refractivity contribution is 1.14. The molecule has 0 saturated heterocycles. The smallest absolute Gasteiger partial charge is 0.0541 e. The van der Waals surface area contributed by atoms with Gasteiger partial charge in [-0.05, 0) is 128 Å². The summed E-state index contributed by atoms with van der Waals surface area (Å²) in [6.07, 6.45) is 0.992. The van der Waals surface area contributed by atoms with E-state index in [-0.39, 0.29) is 0 Å². The minimum absolute atomic E-state index is 0.992. The number of para-hydroxylation sites is 2. The van der Waals surface area contributed by atoms with Crippen LogP contribution in [0.15, 0.2) is 212 Å². The summed E-state index contributed by atoms with van der Waals surface area (Å²) in [4.78, 5) is 0. The van der Waals surface area contributed by atoms with Crippen molar-refractivity contribution in [3.05, 3.63) is 218 Å². The molecule has 12 aromatic rings. The SMILES string of the molecule is CCc1ccc2c(c1)c1cc(-c3ccc(-n4c5ccccc5c5ccccc54)cc3)ccc1n2-c1ccc(-c2c3ccccc3c(-c3ccccc3)c3ccccc23)cc1. The van der Waals surface area contributed by atoms with Crippen molar-refractivity contribution in [3.63, 3.8) is 0 Å². The molecule has 2 aromatic heterocycles. The summed E-state index contributed by atoms with van der Waals surface area (Å²) >= 11 is 0. The van der Waals surface area contributed by atoms with Gasteiger partial charge in [-0.1, -0.05) is 159 Å². The number of aromatic nitrogens is 2. The van der Waals surface area contributed by atoms with Crippen molar-refractivity contribution in [2.75, 3.05) is 0 Å². The zero-order valence-electron chi connectivity index (χ0n) is 33.3. The Morgan fingerprint density at radius 3 is 1.18 bits per heavy atom. The molecule has 0 N–H and O–H groups in total. The summed E-state index contributed by atoms with van der Waals surface area (Å²) in [5.41, 5.74) is 16.0. The third-order valence-corrected chi connectivity index (χ3v) is 12.7. The third kappa shape index (κ3) is 5.28. The standard InChI is InChI=1S/C58H40N2/c1-2-38-24-34-55-51(36-38)52-37-42(39-25-30-43(31-26-39)59-53-22-12-10-16-45(53)46-17-11-13-23-54(46)59)29-35-56(52)60(55)44-32-27-41(28-33-44)58-49-20-8-6-18-47(49)57(40-14-4-3-5-15-40)48-19-7-9-21-50(48)58/h3-37H,2H2,1H3. The number of fused-ring (bicyclic) bond motifs is 8. The van der Waals surface area contributed by atoms with Gasteiger partial charge in [0.25, 0.3) is 0 Å². The minimum atomic E-state index is 0.992. The van der Waals surface area contributed by atoms with Crippen LogP contribution in [0.25, 0.3) is 110 Å². The van der Waals surface area contributed by atoms with Crippen LogP contribution < -0.4 is 0 Å². The van der Waals surface area contributed by atoms with Crippen LogP contribution >= 0.6 is 0 Å². The van der Waals surface area contributed by atoms with Gasteiger partial charge in [-0.15, -0.1) is 0 Å². The molecule has 10 aromatic carbocycles. The van der Waals surface area contributed by atoms with Crippen LogP contribution in [-0.2, 0) is 6.42 Å². The normalized spacial score (nSPS) is 11.8. The first-order chi connectivity index (χ1) is 29.7. The van der Waals surface area contributed by atoms with Crippen LogP contribution in [0.5, 0.6) is 0 Å². The van der Waals surface area contributed by atoms with Gasteiger partial charge in [0.1, 0.15) is 0 Å². The molecule has 0 atom stereocenters. The van der Waals surface area contributed by atoms with E-state index in [9.17, 15) is 0 Å². The van der Waals surface area contributed by atoms with Crippen LogP contribution in [0.3, 0.4) is 0 Å². The van der Waals surface area contributed by atoms with Gasteiger partial charge >= 0.3 is 0 Å². The Morgan fingerprint density at radius 2 is 0.667 bits per heavy atom. The van der Waals surface area contributed by atoms with Crippen molar-refractivity contribution in [2.45, 2.75) is 13.3 Å². The topological polar surface area (TPSA) is 9.86 Å². The molecule has 0 spiro atoms. The molecule has 0 bridgehead atoms. The van der Waals surface area contributed by atoms with Crippen LogP contribution in [-0.4, -0.2) is 9.13 Å². The zero-order valence-corrected chi connectivity index (χ0v) is 33.3. The maximum atomic E-state index is 2.44. The Morgan fingerprint density at radius 1 is 0.283 bits per heavy atom. The van der Waals surface area contributed by atoms with Gasteiger partial charge in [0.15, 0.2) is 0 Å². The van der Waals surface area contributed by atoms with E-state index in [4.69, 9.17) is 0 Å². The van der Waals surface area contributed by atoms with Gasteiger partial charge in [0.05, 0.1) is 22.1 Å². The number of nitrogens with zero attached hydrogens (tertiary/aromatic N) is 2. The van der Waals surface area contributed by atoms with Gasteiger partial charge in [0.2, 0.25) is 0 Å². The molecular weight excluding hydrogens is 725 g/mol. The molecule has 2 heterocycles. The highest BCUT2D eigenvalue weighted by Gasteiger charge is 2.19. The van der Waals surface area contributed by atoms with E-state index in [2.05, 4.69) is 228 Å². The van der Waals surface area contributed by atoms with Crippen molar-refractivity contribution < 1.29 is 0 Å². The summed E-state index contributed by atoms with van der Waals surface area (Å²) in [5, 5.41) is 10.2. The monoisotopic (exact) mass is 764 g/mol. The first-order valence-corrected chi connectivity index (χ1v) is 21.0. The van der Waals surface area contributed by atoms with Crippen LogP contribution in [0.4, 0.5) is 0 Å². The Kier molecular flexibility index (Phi) is 7.86. The fourth-order valence-corrected chi connectivity index (χ4v) is 9.88. The number of rotatable bonds is 6. The second-order valence-corrected chi connectivity index (χ2v) is 15.9. The van der Waals surface area contributed by atoms with E-state index in [0.717, 1.165) is 17.8 Å². The lowest BCUT2D eigenvalue weighted by Gasteiger charge is -2.18. The summed E-state index contributed by atoms with van der Waals surface area (Å²) in [6.45, 7) is 2.24. The molecule has 282 valence electrons. The van der Waals surface area contributed by atoms with E-state index in [1.165, 1.54) is 104 Å². The first kappa shape index (κ1) is 34.4. The van der Waals surface area contributed by atoms with E-state index in [1.807, 2.05) is 0 Å². The lowest BCUT2D eigenvalue weighted by atomic mass is 9.86. The second kappa shape index (κ2) is 13.7. The van der Waals surface area contributed by atoms with E-state index >= 15 is 0 Å². The molecule has 0 saturated carbocycles. The average Bonchev–Trinajstić information content (AvgIpc) is 3.83. The molecule has 0 aliphatic carbocycles. The molecule has 12 rings (SSSR count). The number of hydrogen-bond donors (Lipinski definition) is 0. The summed E-state index contributed by atoms with van der Waals surface area (Å²) in [5.74, 6) is 0. The Labute approximate surface area is 348 Å². The Balaban J connectivity index is 0.973. The predicted octanol–water partition coefficient (Wildman–Crippen LogP) is 15.8. The maximum absolute atomic E-state index is 2.44. The third-order valence-electron chi connectivity index (χ3n) is 12.7. The quantitative estimate of drug-likeness (QED) is 0.149. The Hall–Kier alpha value is -7.68. The van der Waals surface area contributed by atoms with Crippen LogP contribution in [0.2, 0.25) is 0 Å². The van der Waals surface area contributed by atoms with E-state index < -0.39 is 0 Å². The highest BCUT2D eigenvalue weighted by Crippen LogP contribution is 2.44. The minimum Gasteiger partial charge on any atom is -0.309 e. The summed E-state index contributed by atoms with van der Waals surface area (Å²) in [6, 6.07) is 78.3. The predicted molar refractivity (Wildman–Crippen MR) is 256 cm³/mol. The first-order valence-electron chi connectivity index (χ1n) is 21.0. The Bertz CT molecular complexity index is 3490. The van der Waals surface area contributed by atoms with Gasteiger partial charge in [-0.3, -0.25) is 0 Å². The molecule has 60 heavy (non-hydrogen) atoms. The highest BCUT2D eigenvalue weighted by molar-refractivity contribution is 6.21. The highest BCUT2D eigenvalue weighted by atomic mass is 15.0. The van der Waals surface area contributed by atoms with E-state index in [0.29, 0.717) is 0 Å². The van der Waals surface area contributed by atoms with Crippen molar-refractivity contribution in [3.8, 4) is 44.8 Å². The van der Waals surface area contributed by atoms with Crippen molar-refractivity contribution in [1.82, 2.24) is 9.13 Å². The van der Waals surface area contributed by atoms with E-state index in [1.54, 1.807) is 0 Å². The molecule has 2 nitrogen and oxygen atoms in total. The van der Waals surface area contributed by atoms with Gasteiger partial charge in [0, 0.05) is 32.9 Å². The average molecular weight is 765 g/mol. The zero-order chi connectivity index (χ0) is 39.7. The van der Waals surface area contributed by atoms with Gasteiger partial charge in [-0.25, -0.2) is 0 Å². The molecule has 2 heteroatoms.